The van der Waals surface area contributed by atoms with Gasteiger partial charge < -0.3 is 9.84 Å². The SMILES string of the molecule is C=CCCCC(O)C1CCCCO1. The molecule has 0 saturated carbocycles. The highest BCUT2D eigenvalue weighted by Gasteiger charge is 2.21. The summed E-state index contributed by atoms with van der Waals surface area (Å²) in [5, 5.41) is 9.74. The van der Waals surface area contributed by atoms with E-state index in [0.717, 1.165) is 38.7 Å². The maximum atomic E-state index is 9.74. The third-order valence-electron chi connectivity index (χ3n) is 2.55. The van der Waals surface area contributed by atoms with Crippen molar-refractivity contribution in [3.63, 3.8) is 0 Å². The molecule has 1 aliphatic heterocycles. The normalized spacial score (nSPS) is 25.5. The number of aliphatic hydroxyl groups excluding tert-OH is 1. The van der Waals surface area contributed by atoms with Crippen LogP contribution in [0.4, 0.5) is 0 Å². The van der Waals surface area contributed by atoms with Crippen LogP contribution in [0.15, 0.2) is 12.7 Å². The number of allylic oxidation sites excluding steroid dienone is 1. The van der Waals surface area contributed by atoms with Gasteiger partial charge in [0.05, 0.1) is 12.2 Å². The summed E-state index contributed by atoms with van der Waals surface area (Å²) in [5.41, 5.74) is 0. The lowest BCUT2D eigenvalue weighted by molar-refractivity contribution is -0.0646. The molecule has 1 aliphatic rings. The minimum absolute atomic E-state index is 0.0959. The topological polar surface area (TPSA) is 29.5 Å². The first-order valence-corrected chi connectivity index (χ1v) is 5.25. The van der Waals surface area contributed by atoms with E-state index in [0.29, 0.717) is 0 Å². The summed E-state index contributed by atoms with van der Waals surface area (Å²) in [6, 6.07) is 0. The van der Waals surface area contributed by atoms with Gasteiger partial charge >= 0.3 is 0 Å². The van der Waals surface area contributed by atoms with Crippen molar-refractivity contribution in [2.75, 3.05) is 6.61 Å². The second-order valence-electron chi connectivity index (χ2n) is 3.69. The number of hydrogen-bond acceptors (Lipinski definition) is 2. The predicted molar refractivity (Wildman–Crippen MR) is 53.6 cm³/mol. The lowest BCUT2D eigenvalue weighted by Crippen LogP contribution is -2.32. The smallest absolute Gasteiger partial charge is 0.0833 e. The van der Waals surface area contributed by atoms with Gasteiger partial charge in [0.2, 0.25) is 0 Å². The van der Waals surface area contributed by atoms with Crippen molar-refractivity contribution in [3.05, 3.63) is 12.7 Å². The fourth-order valence-corrected chi connectivity index (χ4v) is 1.73. The molecule has 1 heterocycles. The Morgan fingerprint density at radius 2 is 2.38 bits per heavy atom. The van der Waals surface area contributed by atoms with Crippen LogP contribution in [0.2, 0.25) is 0 Å². The van der Waals surface area contributed by atoms with Crippen LogP contribution in [0.1, 0.15) is 38.5 Å². The molecule has 1 saturated heterocycles. The van der Waals surface area contributed by atoms with Crippen LogP contribution < -0.4 is 0 Å². The van der Waals surface area contributed by atoms with E-state index in [-0.39, 0.29) is 12.2 Å². The molecule has 2 heteroatoms. The Labute approximate surface area is 80.6 Å². The van der Waals surface area contributed by atoms with E-state index in [1.807, 2.05) is 6.08 Å². The Morgan fingerprint density at radius 1 is 1.54 bits per heavy atom. The highest BCUT2D eigenvalue weighted by Crippen LogP contribution is 2.18. The zero-order chi connectivity index (χ0) is 9.52. The summed E-state index contributed by atoms with van der Waals surface area (Å²) in [7, 11) is 0. The first kappa shape index (κ1) is 10.7. The number of aliphatic hydroxyl groups is 1. The monoisotopic (exact) mass is 184 g/mol. The van der Waals surface area contributed by atoms with E-state index in [9.17, 15) is 5.11 Å². The number of unbranched alkanes of at least 4 members (excludes halogenated alkanes) is 1. The molecule has 0 aromatic heterocycles. The molecular formula is C11H20O2. The zero-order valence-corrected chi connectivity index (χ0v) is 8.24. The minimum Gasteiger partial charge on any atom is -0.390 e. The number of rotatable bonds is 5. The molecule has 1 N–H and O–H groups in total. The largest absolute Gasteiger partial charge is 0.390 e. The fraction of sp³-hybridized carbons (Fsp3) is 0.818. The van der Waals surface area contributed by atoms with Gasteiger partial charge in [-0.15, -0.1) is 6.58 Å². The van der Waals surface area contributed by atoms with Crippen molar-refractivity contribution >= 4 is 0 Å². The summed E-state index contributed by atoms with van der Waals surface area (Å²) in [6.45, 7) is 4.48. The summed E-state index contributed by atoms with van der Waals surface area (Å²) in [6.07, 6.45) is 7.95. The van der Waals surface area contributed by atoms with E-state index in [4.69, 9.17) is 4.74 Å². The molecular weight excluding hydrogens is 164 g/mol. The standard InChI is InChI=1S/C11H20O2/c1-2-3-4-7-10(12)11-8-5-6-9-13-11/h2,10-12H,1,3-9H2. The molecule has 0 spiro atoms. The van der Waals surface area contributed by atoms with E-state index in [1.165, 1.54) is 6.42 Å². The summed E-state index contributed by atoms with van der Waals surface area (Å²) in [4.78, 5) is 0. The van der Waals surface area contributed by atoms with Crippen molar-refractivity contribution in [3.8, 4) is 0 Å². The van der Waals surface area contributed by atoms with Crippen molar-refractivity contribution in [2.45, 2.75) is 50.7 Å². The van der Waals surface area contributed by atoms with Gasteiger partial charge in [0.15, 0.2) is 0 Å². The Hall–Kier alpha value is -0.340. The Kier molecular flexibility index (Phi) is 5.09. The summed E-state index contributed by atoms with van der Waals surface area (Å²) >= 11 is 0. The molecule has 13 heavy (non-hydrogen) atoms. The zero-order valence-electron chi connectivity index (χ0n) is 8.24. The van der Waals surface area contributed by atoms with Gasteiger partial charge in [-0.1, -0.05) is 6.08 Å². The molecule has 0 aromatic rings. The van der Waals surface area contributed by atoms with Gasteiger partial charge in [0.1, 0.15) is 0 Å². The van der Waals surface area contributed by atoms with E-state index >= 15 is 0 Å². The van der Waals surface area contributed by atoms with Crippen LogP contribution in [-0.4, -0.2) is 23.9 Å². The third kappa shape index (κ3) is 3.92. The van der Waals surface area contributed by atoms with E-state index in [2.05, 4.69) is 6.58 Å². The van der Waals surface area contributed by atoms with Crippen LogP contribution in [0.25, 0.3) is 0 Å². The molecule has 1 fully saturated rings. The molecule has 0 aromatic carbocycles. The maximum absolute atomic E-state index is 9.74. The maximum Gasteiger partial charge on any atom is 0.0833 e. The van der Waals surface area contributed by atoms with Gasteiger partial charge in [0.25, 0.3) is 0 Å². The molecule has 2 atom stereocenters. The average Bonchev–Trinajstić information content (AvgIpc) is 2.19. The molecule has 0 bridgehead atoms. The van der Waals surface area contributed by atoms with Crippen LogP contribution >= 0.6 is 0 Å². The number of hydrogen-bond donors (Lipinski definition) is 1. The highest BCUT2D eigenvalue weighted by molar-refractivity contribution is 4.74. The van der Waals surface area contributed by atoms with Crippen LogP contribution in [0, 0.1) is 0 Å². The quantitative estimate of drug-likeness (QED) is 0.524. The molecule has 0 aliphatic carbocycles. The minimum atomic E-state index is -0.264. The van der Waals surface area contributed by atoms with Crippen molar-refractivity contribution < 1.29 is 9.84 Å². The molecule has 2 unspecified atom stereocenters. The van der Waals surface area contributed by atoms with E-state index in [1.54, 1.807) is 0 Å². The van der Waals surface area contributed by atoms with Crippen LogP contribution in [0.5, 0.6) is 0 Å². The fourth-order valence-electron chi connectivity index (χ4n) is 1.73. The lowest BCUT2D eigenvalue weighted by Gasteiger charge is -2.26. The molecule has 0 amide bonds. The molecule has 1 rings (SSSR count). The molecule has 0 radical (unpaired) electrons. The van der Waals surface area contributed by atoms with Crippen molar-refractivity contribution in [1.29, 1.82) is 0 Å². The Bertz CT molecular complexity index is 139. The highest BCUT2D eigenvalue weighted by atomic mass is 16.5. The van der Waals surface area contributed by atoms with Crippen molar-refractivity contribution in [2.24, 2.45) is 0 Å². The molecule has 2 nitrogen and oxygen atoms in total. The second kappa shape index (κ2) is 6.17. The van der Waals surface area contributed by atoms with Gasteiger partial charge in [-0.3, -0.25) is 0 Å². The van der Waals surface area contributed by atoms with Gasteiger partial charge in [-0.05, 0) is 38.5 Å². The summed E-state index contributed by atoms with van der Waals surface area (Å²) in [5.74, 6) is 0. The van der Waals surface area contributed by atoms with Crippen LogP contribution in [-0.2, 0) is 4.74 Å². The Balaban J connectivity index is 2.13. The van der Waals surface area contributed by atoms with Gasteiger partial charge in [-0.25, -0.2) is 0 Å². The lowest BCUT2D eigenvalue weighted by atomic mass is 10.0. The Morgan fingerprint density at radius 3 is 3.00 bits per heavy atom. The first-order valence-electron chi connectivity index (χ1n) is 5.25. The molecule has 76 valence electrons. The van der Waals surface area contributed by atoms with Crippen molar-refractivity contribution in [1.82, 2.24) is 0 Å². The first-order chi connectivity index (χ1) is 6.34. The summed E-state index contributed by atoms with van der Waals surface area (Å²) < 4.78 is 5.49. The van der Waals surface area contributed by atoms with Crippen LogP contribution in [0.3, 0.4) is 0 Å². The third-order valence-corrected chi connectivity index (χ3v) is 2.55. The number of ether oxygens (including phenoxy) is 1. The van der Waals surface area contributed by atoms with Gasteiger partial charge in [-0.2, -0.15) is 0 Å². The van der Waals surface area contributed by atoms with E-state index < -0.39 is 0 Å². The predicted octanol–water partition coefficient (Wildman–Crippen LogP) is 2.27. The van der Waals surface area contributed by atoms with Gasteiger partial charge in [0, 0.05) is 6.61 Å². The average molecular weight is 184 g/mol. The second-order valence-corrected chi connectivity index (χ2v) is 3.69.